The van der Waals surface area contributed by atoms with Gasteiger partial charge < -0.3 is 4.74 Å². The Morgan fingerprint density at radius 3 is 1.97 bits per heavy atom. The molecule has 0 saturated carbocycles. The third kappa shape index (κ3) is 7.38. The Morgan fingerprint density at radius 2 is 1.46 bits per heavy atom. The minimum atomic E-state index is -0.620. The van der Waals surface area contributed by atoms with Crippen LogP contribution in [0, 0.1) is 5.92 Å². The van der Waals surface area contributed by atoms with Crippen molar-refractivity contribution in [3.8, 4) is 11.1 Å². The molecule has 0 bridgehead atoms. The number of hydrogen-bond acceptors (Lipinski definition) is 4. The lowest BCUT2D eigenvalue weighted by Crippen LogP contribution is -2.43. The predicted molar refractivity (Wildman–Crippen MR) is 138 cm³/mol. The highest BCUT2D eigenvalue weighted by Crippen LogP contribution is 2.29. The van der Waals surface area contributed by atoms with Crippen molar-refractivity contribution in [3.63, 3.8) is 0 Å². The van der Waals surface area contributed by atoms with Crippen molar-refractivity contribution in [1.82, 2.24) is 4.90 Å². The van der Waals surface area contributed by atoms with Gasteiger partial charge in [0.1, 0.15) is 11.9 Å². The summed E-state index contributed by atoms with van der Waals surface area (Å²) in [5.41, 5.74) is 3.54. The lowest BCUT2D eigenvalue weighted by molar-refractivity contribution is -0.130. The minimum absolute atomic E-state index is 0.143. The molecule has 0 radical (unpaired) electrons. The molecule has 0 N–H and O–H groups in total. The fourth-order valence-electron chi connectivity index (χ4n) is 4.02. The lowest BCUT2D eigenvalue weighted by atomic mass is 9.98. The van der Waals surface area contributed by atoms with Crippen molar-refractivity contribution in [2.45, 2.75) is 52.2 Å². The van der Waals surface area contributed by atoms with Gasteiger partial charge in [-0.25, -0.2) is 9.69 Å². The van der Waals surface area contributed by atoms with E-state index in [1.165, 1.54) is 10.5 Å². The van der Waals surface area contributed by atoms with Crippen LogP contribution in [0.1, 0.15) is 50.0 Å². The summed E-state index contributed by atoms with van der Waals surface area (Å²) < 4.78 is 5.45. The zero-order valence-corrected chi connectivity index (χ0v) is 20.8. The average molecular weight is 472 g/mol. The topological polar surface area (TPSA) is 63.7 Å². The van der Waals surface area contributed by atoms with Crippen molar-refractivity contribution in [2.24, 2.45) is 5.92 Å². The predicted octanol–water partition coefficient (Wildman–Crippen LogP) is 6.57. The Balaban J connectivity index is 0.000000363. The van der Waals surface area contributed by atoms with Gasteiger partial charge in [0.25, 0.3) is 0 Å². The number of aldehydes is 1. The van der Waals surface area contributed by atoms with Crippen molar-refractivity contribution in [1.29, 1.82) is 0 Å². The highest BCUT2D eigenvalue weighted by atomic mass is 16.6. The summed E-state index contributed by atoms with van der Waals surface area (Å²) in [5.74, 6) is -0.304. The first-order chi connectivity index (χ1) is 16.7. The van der Waals surface area contributed by atoms with E-state index in [0.717, 1.165) is 23.0 Å². The molecule has 3 aromatic carbocycles. The smallest absolute Gasteiger partial charge is 0.417 e. The summed E-state index contributed by atoms with van der Waals surface area (Å²) in [6.07, 6.45) is 1.60. The zero-order valence-electron chi connectivity index (χ0n) is 20.8. The number of likely N-dealkylation sites (tertiary alicyclic amines) is 1. The van der Waals surface area contributed by atoms with Crippen LogP contribution in [0.5, 0.6) is 0 Å². The largest absolute Gasteiger partial charge is 0.443 e. The number of imide groups is 1. The first-order valence-electron chi connectivity index (χ1n) is 11.9. The molecule has 4 rings (SSSR count). The molecule has 35 heavy (non-hydrogen) atoms. The summed E-state index contributed by atoms with van der Waals surface area (Å²) in [7, 11) is 0. The van der Waals surface area contributed by atoms with Crippen LogP contribution >= 0.6 is 0 Å². The highest BCUT2D eigenvalue weighted by molar-refractivity contribution is 5.95. The number of carbonyl (C=O) groups excluding carboxylic acids is 3. The van der Waals surface area contributed by atoms with Crippen LogP contribution in [0.2, 0.25) is 0 Å². The van der Waals surface area contributed by atoms with E-state index in [2.05, 4.69) is 36.4 Å². The number of hydrogen-bond donors (Lipinski definition) is 0. The number of amides is 2. The second-order valence-electron chi connectivity index (χ2n) is 9.77. The molecule has 0 spiro atoms. The van der Waals surface area contributed by atoms with Crippen LogP contribution in [0.15, 0.2) is 84.9 Å². The van der Waals surface area contributed by atoms with E-state index in [9.17, 15) is 14.4 Å². The molecule has 3 aromatic rings. The molecule has 2 atom stereocenters. The van der Waals surface area contributed by atoms with E-state index in [1.807, 2.05) is 64.1 Å². The third-order valence-electron chi connectivity index (χ3n) is 5.71. The van der Waals surface area contributed by atoms with E-state index in [0.29, 0.717) is 12.8 Å². The number of ether oxygens (including phenoxy) is 1. The van der Waals surface area contributed by atoms with Gasteiger partial charge in [0.05, 0.1) is 0 Å². The van der Waals surface area contributed by atoms with Gasteiger partial charge in [-0.3, -0.25) is 9.59 Å². The van der Waals surface area contributed by atoms with Gasteiger partial charge in [-0.2, -0.15) is 0 Å². The van der Waals surface area contributed by atoms with E-state index in [4.69, 9.17) is 4.74 Å². The Bertz CT molecular complexity index is 1120. The minimum Gasteiger partial charge on any atom is -0.443 e. The quantitative estimate of drug-likeness (QED) is 0.404. The van der Waals surface area contributed by atoms with E-state index in [1.54, 1.807) is 12.1 Å². The normalized spacial score (nSPS) is 17.4. The number of nitrogens with zero attached hydrogens (tertiary/aromatic N) is 1. The van der Waals surface area contributed by atoms with Gasteiger partial charge in [-0.1, -0.05) is 91.9 Å². The molecule has 1 aliphatic heterocycles. The summed E-state index contributed by atoms with van der Waals surface area (Å²) >= 11 is 0. The average Bonchev–Trinajstić information content (AvgIpc) is 3.12. The van der Waals surface area contributed by atoms with Crippen molar-refractivity contribution in [2.75, 3.05) is 0 Å². The second kappa shape index (κ2) is 11.6. The van der Waals surface area contributed by atoms with Crippen LogP contribution in [-0.4, -0.2) is 34.8 Å². The number of benzene rings is 3. The standard InChI is InChI=1S/C23H27NO3.C7H6O/c1-16-14-20(24(21(16)25)22(26)27-23(2,3)4)15-17-10-12-19(13-11-17)18-8-6-5-7-9-18;8-6-7-4-2-1-3-5-7/h5-13,16,20H,14-15H2,1-4H3;1-6H/t16?,20-;/m0./s1. The molecule has 182 valence electrons. The number of rotatable bonds is 4. The maximum atomic E-state index is 12.5. The summed E-state index contributed by atoms with van der Waals surface area (Å²) in [6.45, 7) is 7.31. The van der Waals surface area contributed by atoms with E-state index in [-0.39, 0.29) is 17.9 Å². The molecular weight excluding hydrogens is 438 g/mol. The van der Waals surface area contributed by atoms with Crippen LogP contribution in [0.3, 0.4) is 0 Å². The van der Waals surface area contributed by atoms with Gasteiger partial charge in [-0.15, -0.1) is 0 Å². The van der Waals surface area contributed by atoms with E-state index < -0.39 is 11.7 Å². The van der Waals surface area contributed by atoms with E-state index >= 15 is 0 Å². The summed E-state index contributed by atoms with van der Waals surface area (Å²) in [6, 6.07) is 27.5. The SMILES string of the molecule is CC1C[C@@H](Cc2ccc(-c3ccccc3)cc2)N(C(=O)OC(C)(C)C)C1=O.O=Cc1ccccc1. The zero-order chi connectivity index (χ0) is 25.4. The monoisotopic (exact) mass is 471 g/mol. The van der Waals surface area contributed by atoms with Crippen molar-refractivity contribution < 1.29 is 19.1 Å². The summed E-state index contributed by atoms with van der Waals surface area (Å²) in [5, 5.41) is 0. The molecule has 1 heterocycles. The third-order valence-corrected chi connectivity index (χ3v) is 5.71. The first-order valence-corrected chi connectivity index (χ1v) is 11.9. The van der Waals surface area contributed by atoms with Crippen molar-refractivity contribution in [3.05, 3.63) is 96.1 Å². The Morgan fingerprint density at radius 1 is 0.914 bits per heavy atom. The molecule has 2 amide bonds. The molecule has 0 aliphatic carbocycles. The Kier molecular flexibility index (Phi) is 8.58. The molecule has 1 aliphatic rings. The van der Waals surface area contributed by atoms with Crippen LogP contribution in [-0.2, 0) is 16.0 Å². The molecular formula is C30H33NO4. The molecule has 1 saturated heterocycles. The second-order valence-corrected chi connectivity index (χ2v) is 9.77. The van der Waals surface area contributed by atoms with Gasteiger partial charge in [0.15, 0.2) is 0 Å². The molecule has 0 aromatic heterocycles. The highest BCUT2D eigenvalue weighted by Gasteiger charge is 2.42. The van der Waals surface area contributed by atoms with Gasteiger partial charge in [-0.05, 0) is 50.3 Å². The Hall–Kier alpha value is -3.73. The molecule has 5 heteroatoms. The fourth-order valence-corrected chi connectivity index (χ4v) is 4.02. The maximum Gasteiger partial charge on any atom is 0.417 e. The molecule has 1 fully saturated rings. The lowest BCUT2D eigenvalue weighted by Gasteiger charge is -2.27. The van der Waals surface area contributed by atoms with Gasteiger partial charge >= 0.3 is 6.09 Å². The first kappa shape index (κ1) is 25.9. The molecule has 5 nitrogen and oxygen atoms in total. The number of carbonyl (C=O) groups is 3. The molecule has 1 unspecified atom stereocenters. The van der Waals surface area contributed by atoms with Crippen LogP contribution in [0.25, 0.3) is 11.1 Å². The van der Waals surface area contributed by atoms with Crippen LogP contribution in [0.4, 0.5) is 4.79 Å². The van der Waals surface area contributed by atoms with Crippen molar-refractivity contribution >= 4 is 18.3 Å². The fraction of sp³-hybridized carbons (Fsp3) is 0.300. The Labute approximate surface area is 207 Å². The maximum absolute atomic E-state index is 12.5. The summed E-state index contributed by atoms with van der Waals surface area (Å²) in [4.78, 5) is 36.4. The van der Waals surface area contributed by atoms with Crippen LogP contribution < -0.4 is 0 Å². The van der Waals surface area contributed by atoms with Gasteiger partial charge in [0.2, 0.25) is 5.91 Å². The van der Waals surface area contributed by atoms with Gasteiger partial charge in [0, 0.05) is 17.5 Å².